The van der Waals surface area contributed by atoms with Crippen LogP contribution in [0.4, 0.5) is 0 Å². The van der Waals surface area contributed by atoms with Crippen LogP contribution in [0.3, 0.4) is 0 Å². The molecule has 1 aromatic heterocycles. The summed E-state index contributed by atoms with van der Waals surface area (Å²) in [5.74, 6) is -0.158. The minimum Gasteiger partial charge on any atom is -0.355 e. The van der Waals surface area contributed by atoms with Crippen molar-refractivity contribution in [2.45, 2.75) is 37.0 Å². The summed E-state index contributed by atoms with van der Waals surface area (Å²) < 4.78 is 26.8. The predicted molar refractivity (Wildman–Crippen MR) is 108 cm³/mol. The normalized spacial score (nSPS) is 16.6. The fraction of sp³-hybridized carbons (Fsp3) is 0.429. The molecule has 2 aromatic rings. The van der Waals surface area contributed by atoms with Crippen LogP contribution in [0.25, 0.3) is 0 Å². The van der Waals surface area contributed by atoms with Gasteiger partial charge in [-0.05, 0) is 30.5 Å². The van der Waals surface area contributed by atoms with Crippen molar-refractivity contribution in [1.82, 2.24) is 14.6 Å². The lowest BCUT2D eigenvalue weighted by molar-refractivity contribution is -0.126. The van der Waals surface area contributed by atoms with Crippen molar-refractivity contribution in [1.29, 1.82) is 0 Å². The van der Waals surface area contributed by atoms with E-state index in [0.29, 0.717) is 32.5 Å². The molecule has 0 radical (unpaired) electrons. The van der Waals surface area contributed by atoms with E-state index in [0.717, 1.165) is 0 Å². The molecule has 150 valence electrons. The summed E-state index contributed by atoms with van der Waals surface area (Å²) >= 11 is 0. The van der Waals surface area contributed by atoms with Crippen molar-refractivity contribution >= 4 is 15.9 Å². The Kier molecular flexibility index (Phi) is 6.15. The average Bonchev–Trinajstić information content (AvgIpc) is 2.73. The second-order valence-electron chi connectivity index (χ2n) is 7.83. The van der Waals surface area contributed by atoms with Gasteiger partial charge in [0.05, 0.1) is 0 Å². The Morgan fingerprint density at radius 1 is 1.14 bits per heavy atom. The molecule has 0 spiro atoms. The van der Waals surface area contributed by atoms with Crippen LogP contribution in [0.15, 0.2) is 59.8 Å². The molecule has 7 heteroatoms. The molecule has 1 N–H and O–H groups in total. The number of nitrogens with one attached hydrogen (secondary N) is 1. The molecule has 1 aliphatic rings. The third-order valence-electron chi connectivity index (χ3n) is 5.36. The first-order valence-corrected chi connectivity index (χ1v) is 11.0. The first kappa shape index (κ1) is 20.5. The summed E-state index contributed by atoms with van der Waals surface area (Å²) in [5.41, 5.74) is 1.01. The van der Waals surface area contributed by atoms with Gasteiger partial charge in [-0.1, -0.05) is 44.2 Å². The highest BCUT2D eigenvalue weighted by Crippen LogP contribution is 2.25. The molecule has 1 aromatic carbocycles. The molecular weight excluding hydrogens is 374 g/mol. The minimum atomic E-state index is -3.54. The molecular formula is C21H27N3O3S. The topological polar surface area (TPSA) is 79.4 Å². The Morgan fingerprint density at radius 2 is 1.82 bits per heavy atom. The number of rotatable bonds is 6. The maximum absolute atomic E-state index is 12.7. The van der Waals surface area contributed by atoms with E-state index in [2.05, 4.69) is 36.3 Å². The highest BCUT2D eigenvalue weighted by Gasteiger charge is 2.32. The zero-order chi connectivity index (χ0) is 20.2. The monoisotopic (exact) mass is 401 g/mol. The van der Waals surface area contributed by atoms with E-state index in [4.69, 9.17) is 0 Å². The maximum Gasteiger partial charge on any atom is 0.244 e. The summed E-state index contributed by atoms with van der Waals surface area (Å²) in [4.78, 5) is 16.7. The fourth-order valence-electron chi connectivity index (χ4n) is 3.45. The van der Waals surface area contributed by atoms with Crippen molar-refractivity contribution < 1.29 is 13.2 Å². The third kappa shape index (κ3) is 4.59. The van der Waals surface area contributed by atoms with Crippen LogP contribution in [0, 0.1) is 5.92 Å². The summed E-state index contributed by atoms with van der Waals surface area (Å²) in [5, 5.41) is 3.06. The Labute approximate surface area is 167 Å². The van der Waals surface area contributed by atoms with E-state index in [-0.39, 0.29) is 22.1 Å². The van der Waals surface area contributed by atoms with E-state index < -0.39 is 10.0 Å². The standard InChI is InChI=1S/C21H27N3O3S/c1-21(2,18-7-4-3-5-8-18)16-23-20(25)17-10-13-24(14-11-17)28(26,27)19-9-6-12-22-15-19/h3-9,12,15,17H,10-11,13-14,16H2,1-2H3,(H,23,25). The van der Waals surface area contributed by atoms with Crippen LogP contribution in [-0.2, 0) is 20.2 Å². The zero-order valence-electron chi connectivity index (χ0n) is 16.3. The van der Waals surface area contributed by atoms with Gasteiger partial charge in [-0.2, -0.15) is 4.31 Å². The summed E-state index contributed by atoms with van der Waals surface area (Å²) in [7, 11) is -3.54. The van der Waals surface area contributed by atoms with Crippen molar-refractivity contribution in [2.75, 3.05) is 19.6 Å². The average molecular weight is 402 g/mol. The second kappa shape index (κ2) is 8.41. The van der Waals surface area contributed by atoms with Gasteiger partial charge >= 0.3 is 0 Å². The number of carbonyl (C=O) groups is 1. The molecule has 0 saturated carbocycles. The number of nitrogens with zero attached hydrogens (tertiary/aromatic N) is 2. The molecule has 6 nitrogen and oxygen atoms in total. The van der Waals surface area contributed by atoms with Gasteiger partial charge in [0.1, 0.15) is 4.90 Å². The lowest BCUT2D eigenvalue weighted by Crippen LogP contribution is -2.45. The molecule has 1 aliphatic heterocycles. The molecule has 1 fully saturated rings. The highest BCUT2D eigenvalue weighted by atomic mass is 32.2. The SMILES string of the molecule is CC(C)(CNC(=O)C1CCN(S(=O)(=O)c2cccnc2)CC1)c1ccccc1. The van der Waals surface area contributed by atoms with Gasteiger partial charge < -0.3 is 5.32 Å². The quantitative estimate of drug-likeness (QED) is 0.807. The van der Waals surface area contributed by atoms with E-state index in [1.807, 2.05) is 18.2 Å². The molecule has 28 heavy (non-hydrogen) atoms. The lowest BCUT2D eigenvalue weighted by atomic mass is 9.84. The van der Waals surface area contributed by atoms with Crippen LogP contribution < -0.4 is 5.32 Å². The molecule has 0 atom stereocenters. The van der Waals surface area contributed by atoms with Crippen LogP contribution in [0.2, 0.25) is 0 Å². The number of benzene rings is 1. The number of aromatic nitrogens is 1. The number of sulfonamides is 1. The molecule has 3 rings (SSSR count). The van der Waals surface area contributed by atoms with E-state index >= 15 is 0 Å². The van der Waals surface area contributed by atoms with Crippen LogP contribution >= 0.6 is 0 Å². The summed E-state index contributed by atoms with van der Waals surface area (Å²) in [6.45, 7) is 5.44. The molecule has 1 saturated heterocycles. The van der Waals surface area contributed by atoms with Crippen molar-refractivity contribution in [3.63, 3.8) is 0 Å². The zero-order valence-corrected chi connectivity index (χ0v) is 17.2. The first-order valence-electron chi connectivity index (χ1n) is 9.54. The Hall–Kier alpha value is -2.25. The van der Waals surface area contributed by atoms with Gasteiger partial charge in [-0.15, -0.1) is 0 Å². The number of carbonyl (C=O) groups excluding carboxylic acids is 1. The van der Waals surface area contributed by atoms with Gasteiger partial charge in [0.2, 0.25) is 15.9 Å². The number of amides is 1. The molecule has 0 bridgehead atoms. The predicted octanol–water partition coefficient (Wildman–Crippen LogP) is 2.58. The van der Waals surface area contributed by atoms with Gasteiger partial charge in [0, 0.05) is 43.4 Å². The number of piperidine rings is 1. The summed E-state index contributed by atoms with van der Waals surface area (Å²) in [6, 6.07) is 13.3. The van der Waals surface area contributed by atoms with Gasteiger partial charge in [-0.25, -0.2) is 8.42 Å². The van der Waals surface area contributed by atoms with Crippen LogP contribution in [0.5, 0.6) is 0 Å². The number of pyridine rings is 1. The minimum absolute atomic E-state index is 0.00225. The van der Waals surface area contributed by atoms with Gasteiger partial charge in [-0.3, -0.25) is 9.78 Å². The summed E-state index contributed by atoms with van der Waals surface area (Å²) in [6.07, 6.45) is 3.96. The van der Waals surface area contributed by atoms with Crippen LogP contribution in [-0.4, -0.2) is 43.2 Å². The Bertz CT molecular complexity index is 891. The molecule has 1 amide bonds. The largest absolute Gasteiger partial charge is 0.355 e. The van der Waals surface area contributed by atoms with Crippen molar-refractivity contribution in [2.24, 2.45) is 5.92 Å². The molecule has 0 aliphatic carbocycles. The van der Waals surface area contributed by atoms with E-state index in [1.54, 1.807) is 18.3 Å². The Balaban J connectivity index is 1.54. The van der Waals surface area contributed by atoms with E-state index in [1.165, 1.54) is 16.1 Å². The van der Waals surface area contributed by atoms with E-state index in [9.17, 15) is 13.2 Å². The highest BCUT2D eigenvalue weighted by molar-refractivity contribution is 7.89. The number of hydrogen-bond donors (Lipinski definition) is 1. The van der Waals surface area contributed by atoms with Crippen LogP contribution in [0.1, 0.15) is 32.3 Å². The first-order chi connectivity index (χ1) is 13.3. The smallest absolute Gasteiger partial charge is 0.244 e. The fourth-order valence-corrected chi connectivity index (χ4v) is 4.89. The third-order valence-corrected chi connectivity index (χ3v) is 7.24. The molecule has 0 unspecified atom stereocenters. The number of hydrogen-bond acceptors (Lipinski definition) is 4. The second-order valence-corrected chi connectivity index (χ2v) is 9.77. The maximum atomic E-state index is 12.7. The van der Waals surface area contributed by atoms with Gasteiger partial charge in [0.25, 0.3) is 0 Å². The van der Waals surface area contributed by atoms with Crippen molar-refractivity contribution in [3.05, 3.63) is 60.4 Å². The van der Waals surface area contributed by atoms with Crippen molar-refractivity contribution in [3.8, 4) is 0 Å². The lowest BCUT2D eigenvalue weighted by Gasteiger charge is -2.32. The van der Waals surface area contributed by atoms with Gasteiger partial charge in [0.15, 0.2) is 0 Å². The molecule has 2 heterocycles. The Morgan fingerprint density at radius 3 is 2.43 bits per heavy atom.